The molecule has 2 unspecified atom stereocenters. The molecule has 1 aliphatic carbocycles. The van der Waals surface area contributed by atoms with Gasteiger partial charge in [-0.25, -0.2) is 0 Å². The molecule has 1 heterocycles. The maximum atomic E-state index is 13.3. The molecule has 10 heteroatoms. The van der Waals surface area contributed by atoms with E-state index in [1.807, 2.05) is 4.90 Å². The maximum Gasteiger partial charge on any atom is 0.461 e. The largest absolute Gasteiger partial charge is 0.461 e. The molecule has 1 fully saturated rings. The summed E-state index contributed by atoms with van der Waals surface area (Å²) in [5.74, 6) is 1.08. The minimum absolute atomic E-state index is 0.226. The number of thiocarbonyl (C=S) groups is 1. The lowest BCUT2D eigenvalue weighted by atomic mass is 9.89. The average molecular weight is 560 g/mol. The fourth-order valence-corrected chi connectivity index (χ4v) is 6.02. The fraction of sp³-hybridized carbons (Fsp3) is 0.630. The predicted molar refractivity (Wildman–Crippen MR) is 149 cm³/mol. The molecule has 1 saturated heterocycles. The normalized spacial score (nSPS) is 23.1. The van der Waals surface area contributed by atoms with Crippen molar-refractivity contribution < 1.29 is 22.3 Å². The molecule has 1 aromatic carbocycles. The van der Waals surface area contributed by atoms with Crippen molar-refractivity contribution in [3.63, 3.8) is 0 Å². The summed E-state index contributed by atoms with van der Waals surface area (Å²) in [6.07, 6.45) is 7.76. The van der Waals surface area contributed by atoms with Gasteiger partial charge >= 0.3 is 12.5 Å². The zero-order chi connectivity index (χ0) is 26.7. The standard InChI is InChI=1S/C27H37F4N3OS2/c1-2-11-20-12-8-6-4-3-5-7-9-13-21(18-20)33-26-34(16-17-37-26)25(36)32-22-14-10-15-23(19-22)35-27(30,31)24(28)29/h6,8,10,14-15,19-21,24H,2-5,7,9,11-13,16-18H2,1H3,(H,32,36). The second kappa shape index (κ2) is 15.0. The Bertz CT molecular complexity index is 929. The first-order valence-electron chi connectivity index (χ1n) is 13.2. The summed E-state index contributed by atoms with van der Waals surface area (Å²) >= 11 is 7.29. The van der Waals surface area contributed by atoms with Crippen molar-refractivity contribution in [2.45, 2.75) is 89.7 Å². The van der Waals surface area contributed by atoms with Gasteiger partial charge in [-0.3, -0.25) is 9.89 Å². The number of nitrogens with zero attached hydrogens (tertiary/aromatic N) is 2. The molecule has 1 aliphatic heterocycles. The lowest BCUT2D eigenvalue weighted by molar-refractivity contribution is -0.253. The van der Waals surface area contributed by atoms with E-state index in [0.717, 1.165) is 43.0 Å². The zero-order valence-electron chi connectivity index (χ0n) is 21.3. The number of amidine groups is 1. The highest BCUT2D eigenvalue weighted by atomic mass is 32.2. The van der Waals surface area contributed by atoms with Crippen molar-refractivity contribution in [1.29, 1.82) is 0 Å². The number of thioether (sulfide) groups is 1. The van der Waals surface area contributed by atoms with Gasteiger partial charge in [0.2, 0.25) is 0 Å². The van der Waals surface area contributed by atoms with Crippen molar-refractivity contribution in [1.82, 2.24) is 4.90 Å². The van der Waals surface area contributed by atoms with Crippen LogP contribution in [0.4, 0.5) is 23.2 Å². The van der Waals surface area contributed by atoms with E-state index in [2.05, 4.69) is 29.1 Å². The van der Waals surface area contributed by atoms with Gasteiger partial charge < -0.3 is 10.1 Å². The number of halogens is 4. The van der Waals surface area contributed by atoms with E-state index >= 15 is 0 Å². The summed E-state index contributed by atoms with van der Waals surface area (Å²) in [4.78, 5) is 7.11. The van der Waals surface area contributed by atoms with Crippen molar-refractivity contribution in [2.24, 2.45) is 10.9 Å². The molecular formula is C27H37F4N3OS2. The Morgan fingerprint density at radius 1 is 1.24 bits per heavy atom. The molecule has 0 spiro atoms. The monoisotopic (exact) mass is 559 g/mol. The number of anilines is 1. The highest BCUT2D eigenvalue weighted by Crippen LogP contribution is 2.30. The lowest BCUT2D eigenvalue weighted by Gasteiger charge is -2.24. The molecule has 206 valence electrons. The number of rotatable bonds is 7. The van der Waals surface area contributed by atoms with Crippen LogP contribution in [0.3, 0.4) is 0 Å². The maximum absolute atomic E-state index is 13.3. The van der Waals surface area contributed by atoms with Gasteiger partial charge in [0.25, 0.3) is 0 Å². The Morgan fingerprint density at radius 2 is 2.05 bits per heavy atom. The fourth-order valence-electron chi connectivity index (χ4n) is 4.65. The van der Waals surface area contributed by atoms with Crippen LogP contribution in [-0.4, -0.2) is 46.1 Å². The molecule has 2 atom stereocenters. The number of allylic oxidation sites excluding steroid dienone is 2. The van der Waals surface area contributed by atoms with Crippen LogP contribution >= 0.6 is 24.0 Å². The highest BCUT2D eigenvalue weighted by molar-refractivity contribution is 8.14. The van der Waals surface area contributed by atoms with E-state index in [-0.39, 0.29) is 11.8 Å². The Kier molecular flexibility index (Phi) is 12.0. The second-order valence-corrected chi connectivity index (χ2v) is 11.0. The van der Waals surface area contributed by atoms with Crippen LogP contribution in [-0.2, 0) is 0 Å². The highest BCUT2D eigenvalue weighted by Gasteiger charge is 2.44. The first kappa shape index (κ1) is 29.7. The van der Waals surface area contributed by atoms with Gasteiger partial charge in [0.15, 0.2) is 10.3 Å². The van der Waals surface area contributed by atoms with Crippen molar-refractivity contribution >= 4 is 39.9 Å². The minimum atomic E-state index is -4.57. The Hall–Kier alpha value is -1.81. The number of nitrogens with one attached hydrogen (secondary N) is 1. The predicted octanol–water partition coefficient (Wildman–Crippen LogP) is 8.50. The number of alkyl halides is 4. The van der Waals surface area contributed by atoms with Crippen molar-refractivity contribution in [2.75, 3.05) is 17.6 Å². The van der Waals surface area contributed by atoms with Crippen LogP contribution in [0.5, 0.6) is 5.75 Å². The van der Waals surface area contributed by atoms with E-state index in [1.54, 1.807) is 17.8 Å². The molecule has 3 rings (SSSR count). The molecule has 0 aromatic heterocycles. The van der Waals surface area contributed by atoms with E-state index in [9.17, 15) is 17.6 Å². The van der Waals surface area contributed by atoms with Crippen LogP contribution in [0.15, 0.2) is 41.4 Å². The second-order valence-electron chi connectivity index (χ2n) is 9.58. The summed E-state index contributed by atoms with van der Waals surface area (Å²) in [7, 11) is 0. The molecule has 37 heavy (non-hydrogen) atoms. The van der Waals surface area contributed by atoms with Crippen molar-refractivity contribution in [3.05, 3.63) is 36.4 Å². The van der Waals surface area contributed by atoms with Gasteiger partial charge in [0.05, 0.1) is 6.04 Å². The number of aliphatic imine (C=N–C) groups is 1. The Labute approximate surface area is 227 Å². The molecule has 0 amide bonds. The molecule has 0 bridgehead atoms. The SMILES string of the molecule is CCCC1CC=CCCCCCCC(N=C2SCCN2C(=S)Nc2cccc(OC(F)(F)C(F)F)c2)C1. The summed E-state index contributed by atoms with van der Waals surface area (Å²) in [6, 6.07) is 5.73. The van der Waals surface area contributed by atoms with E-state index in [0.29, 0.717) is 23.3 Å². The van der Waals surface area contributed by atoms with Gasteiger partial charge in [0, 0.05) is 24.1 Å². The van der Waals surface area contributed by atoms with E-state index in [1.165, 1.54) is 50.3 Å². The molecule has 1 aromatic rings. The van der Waals surface area contributed by atoms with Gasteiger partial charge in [-0.2, -0.15) is 17.6 Å². The number of hydrogen-bond acceptors (Lipinski definition) is 4. The van der Waals surface area contributed by atoms with Gasteiger partial charge in [-0.15, -0.1) is 0 Å². The summed E-state index contributed by atoms with van der Waals surface area (Å²) < 4.78 is 55.9. The topological polar surface area (TPSA) is 36.9 Å². The molecule has 0 radical (unpaired) electrons. The molecule has 4 nitrogen and oxygen atoms in total. The van der Waals surface area contributed by atoms with Gasteiger partial charge in [-0.05, 0) is 62.4 Å². The quantitative estimate of drug-likeness (QED) is 0.206. The number of benzene rings is 1. The molecular weight excluding hydrogens is 522 g/mol. The Balaban J connectivity index is 1.70. The summed E-state index contributed by atoms with van der Waals surface area (Å²) in [5.41, 5.74) is 0.379. The molecule has 0 saturated carbocycles. The third-order valence-corrected chi connectivity index (χ3v) is 7.80. The first-order valence-corrected chi connectivity index (χ1v) is 14.6. The smallest absolute Gasteiger partial charge is 0.428 e. The van der Waals surface area contributed by atoms with Crippen LogP contribution < -0.4 is 10.1 Å². The average Bonchev–Trinajstić information content (AvgIpc) is 3.30. The minimum Gasteiger partial charge on any atom is -0.428 e. The molecule has 1 N–H and O–H groups in total. The zero-order valence-corrected chi connectivity index (χ0v) is 22.9. The van der Waals surface area contributed by atoms with Crippen molar-refractivity contribution in [3.8, 4) is 5.75 Å². The molecule has 2 aliphatic rings. The van der Waals surface area contributed by atoms with E-state index in [4.69, 9.17) is 17.2 Å². The van der Waals surface area contributed by atoms with Crippen LogP contribution in [0.1, 0.15) is 71.1 Å². The van der Waals surface area contributed by atoms with Crippen LogP contribution in [0, 0.1) is 5.92 Å². The van der Waals surface area contributed by atoms with Crippen LogP contribution in [0.25, 0.3) is 0 Å². The number of hydrogen-bond donors (Lipinski definition) is 1. The van der Waals surface area contributed by atoms with Gasteiger partial charge in [0.1, 0.15) is 5.75 Å². The first-order chi connectivity index (χ1) is 17.8. The summed E-state index contributed by atoms with van der Waals surface area (Å²) in [5, 5.41) is 4.30. The Morgan fingerprint density at radius 3 is 2.84 bits per heavy atom. The number of ether oxygens (including phenoxy) is 1. The van der Waals surface area contributed by atoms with E-state index < -0.39 is 12.5 Å². The summed E-state index contributed by atoms with van der Waals surface area (Å²) in [6.45, 7) is 2.91. The van der Waals surface area contributed by atoms with Gasteiger partial charge in [-0.1, -0.05) is 69.0 Å². The van der Waals surface area contributed by atoms with Crippen LogP contribution in [0.2, 0.25) is 0 Å². The third-order valence-electron chi connectivity index (χ3n) is 6.50. The third kappa shape index (κ3) is 9.78. The lowest BCUT2D eigenvalue weighted by Crippen LogP contribution is -2.36.